The topological polar surface area (TPSA) is 98.5 Å². The molecule has 0 saturated carbocycles. The maximum absolute atomic E-state index is 12.0. The summed E-state index contributed by atoms with van der Waals surface area (Å²) in [5.74, 6) is 0. The van der Waals surface area contributed by atoms with Crippen LogP contribution in [0, 0.1) is 10.1 Å². The molecule has 1 rings (SSSR count). The fourth-order valence-electron chi connectivity index (χ4n) is 1.38. The zero-order chi connectivity index (χ0) is 15.6. The highest BCUT2D eigenvalue weighted by Gasteiger charge is 2.27. The Bertz CT molecular complexity index is 597. The first-order valence-electron chi connectivity index (χ1n) is 5.66. The van der Waals surface area contributed by atoms with Gasteiger partial charge in [-0.05, 0) is 20.8 Å². The molecule has 0 radical (unpaired) electrons. The van der Waals surface area contributed by atoms with Crippen LogP contribution < -0.4 is 4.72 Å². The normalized spacial score (nSPS) is 12.6. The van der Waals surface area contributed by atoms with Gasteiger partial charge in [0.05, 0.1) is 10.5 Å². The average molecular weight is 343 g/mol. The summed E-state index contributed by atoms with van der Waals surface area (Å²) in [6.07, 6.45) is 0. The van der Waals surface area contributed by atoms with Gasteiger partial charge in [-0.15, -0.1) is 11.3 Å². The molecule has 0 amide bonds. The lowest BCUT2D eigenvalue weighted by Gasteiger charge is -2.24. The number of nitrogens with one attached hydrogen (secondary N) is 1. The number of nitro groups is 1. The van der Waals surface area contributed by atoms with E-state index in [1.54, 1.807) is 20.8 Å². The second-order valence-corrected chi connectivity index (χ2v) is 8.15. The van der Waals surface area contributed by atoms with Gasteiger partial charge < -0.3 is 4.74 Å². The number of hydrogen-bond donors (Lipinski definition) is 1. The van der Waals surface area contributed by atoms with Crippen LogP contribution in [0.3, 0.4) is 0 Å². The molecule has 0 aromatic carbocycles. The number of ether oxygens (including phenoxy) is 1. The lowest BCUT2D eigenvalue weighted by Crippen LogP contribution is -2.40. The first-order valence-corrected chi connectivity index (χ1v) is 8.34. The Morgan fingerprint density at radius 3 is 2.60 bits per heavy atom. The minimum Gasteiger partial charge on any atom is -0.375 e. The van der Waals surface area contributed by atoms with Crippen LogP contribution >= 0.6 is 22.9 Å². The fourth-order valence-corrected chi connectivity index (χ4v) is 4.28. The van der Waals surface area contributed by atoms with E-state index in [4.69, 9.17) is 16.3 Å². The molecule has 20 heavy (non-hydrogen) atoms. The van der Waals surface area contributed by atoms with Crippen LogP contribution in [-0.2, 0) is 14.8 Å². The third-order valence-electron chi connectivity index (χ3n) is 2.33. The minimum absolute atomic E-state index is 0.0481. The van der Waals surface area contributed by atoms with E-state index in [0.29, 0.717) is 17.9 Å². The lowest BCUT2D eigenvalue weighted by atomic mass is 10.1. The van der Waals surface area contributed by atoms with Crippen molar-refractivity contribution in [1.29, 1.82) is 0 Å². The van der Waals surface area contributed by atoms with Gasteiger partial charge in [0, 0.05) is 19.2 Å². The Morgan fingerprint density at radius 2 is 2.15 bits per heavy atom. The zero-order valence-corrected chi connectivity index (χ0v) is 13.6. The van der Waals surface area contributed by atoms with E-state index >= 15 is 0 Å². The van der Waals surface area contributed by atoms with Gasteiger partial charge in [-0.3, -0.25) is 10.1 Å². The van der Waals surface area contributed by atoms with Gasteiger partial charge in [-0.1, -0.05) is 11.6 Å². The first kappa shape index (κ1) is 17.3. The van der Waals surface area contributed by atoms with E-state index in [0.717, 1.165) is 6.07 Å². The highest BCUT2D eigenvalue weighted by atomic mass is 35.5. The van der Waals surface area contributed by atoms with Crippen LogP contribution in [0.25, 0.3) is 0 Å². The van der Waals surface area contributed by atoms with E-state index in [2.05, 4.69) is 4.72 Å². The van der Waals surface area contributed by atoms with Gasteiger partial charge in [0.25, 0.3) is 5.69 Å². The van der Waals surface area contributed by atoms with E-state index in [9.17, 15) is 18.5 Å². The quantitative estimate of drug-likeness (QED) is 0.606. The summed E-state index contributed by atoms with van der Waals surface area (Å²) < 4.78 is 31.4. The summed E-state index contributed by atoms with van der Waals surface area (Å²) in [5.41, 5.74) is -1.09. The number of rotatable bonds is 7. The van der Waals surface area contributed by atoms with Crippen molar-refractivity contribution >= 4 is 38.6 Å². The highest BCUT2D eigenvalue weighted by molar-refractivity contribution is 7.91. The van der Waals surface area contributed by atoms with Crippen LogP contribution in [0.5, 0.6) is 0 Å². The van der Waals surface area contributed by atoms with Crippen molar-refractivity contribution in [2.75, 3.05) is 13.2 Å². The zero-order valence-electron chi connectivity index (χ0n) is 11.2. The molecular formula is C10H15ClN2O5S2. The second-order valence-electron chi connectivity index (χ2n) is 4.50. The van der Waals surface area contributed by atoms with Crippen molar-refractivity contribution in [2.45, 2.75) is 30.6 Å². The number of nitrogens with zero attached hydrogens (tertiary/aromatic N) is 1. The standard InChI is InChI=1S/C10H15ClN2O5S2/c1-4-18-10(2,3)6-12-20(16,17)8-5-7(13(14)15)9(11)19-8/h5,12H,4,6H2,1-3H3. The van der Waals surface area contributed by atoms with Crippen molar-refractivity contribution in [3.05, 3.63) is 20.5 Å². The Labute approximate surface area is 126 Å². The molecule has 7 nitrogen and oxygen atoms in total. The van der Waals surface area contributed by atoms with Gasteiger partial charge in [-0.25, -0.2) is 13.1 Å². The molecule has 0 saturated heterocycles. The highest BCUT2D eigenvalue weighted by Crippen LogP contribution is 2.36. The molecule has 0 aliphatic rings. The monoisotopic (exact) mass is 342 g/mol. The molecule has 0 atom stereocenters. The third kappa shape index (κ3) is 4.38. The van der Waals surface area contributed by atoms with Crippen LogP contribution in [0.4, 0.5) is 5.69 Å². The second kappa shape index (κ2) is 6.35. The number of sulfonamides is 1. The molecule has 0 spiro atoms. The molecule has 1 aromatic heterocycles. The van der Waals surface area contributed by atoms with Gasteiger partial charge in [0.15, 0.2) is 4.34 Å². The molecule has 0 fully saturated rings. The molecule has 0 bridgehead atoms. The molecule has 10 heteroatoms. The van der Waals surface area contributed by atoms with Gasteiger partial charge in [0.2, 0.25) is 10.0 Å². The van der Waals surface area contributed by atoms with E-state index in [-0.39, 0.29) is 15.1 Å². The molecule has 0 unspecified atom stereocenters. The molecule has 0 aliphatic carbocycles. The Kier molecular flexibility index (Phi) is 5.50. The fraction of sp³-hybridized carbons (Fsp3) is 0.600. The minimum atomic E-state index is -3.85. The maximum atomic E-state index is 12.0. The average Bonchev–Trinajstić information content (AvgIpc) is 2.70. The van der Waals surface area contributed by atoms with Gasteiger partial charge in [-0.2, -0.15) is 0 Å². The summed E-state index contributed by atoms with van der Waals surface area (Å²) in [7, 11) is -3.85. The van der Waals surface area contributed by atoms with Crippen molar-refractivity contribution in [1.82, 2.24) is 4.72 Å². The predicted molar refractivity (Wildman–Crippen MR) is 76.9 cm³/mol. The van der Waals surface area contributed by atoms with Crippen LogP contribution in [0.15, 0.2) is 10.3 Å². The summed E-state index contributed by atoms with van der Waals surface area (Å²) in [4.78, 5) is 9.94. The van der Waals surface area contributed by atoms with Crippen molar-refractivity contribution in [2.24, 2.45) is 0 Å². The molecule has 1 N–H and O–H groups in total. The van der Waals surface area contributed by atoms with Crippen LogP contribution in [-0.4, -0.2) is 32.1 Å². The summed E-state index contributed by atoms with van der Waals surface area (Å²) in [5, 5.41) is 10.7. The van der Waals surface area contributed by atoms with Crippen LogP contribution in [0.2, 0.25) is 4.34 Å². The molecule has 1 aromatic rings. The largest absolute Gasteiger partial charge is 0.375 e. The lowest BCUT2D eigenvalue weighted by molar-refractivity contribution is -0.384. The Morgan fingerprint density at radius 1 is 1.55 bits per heavy atom. The number of thiophene rings is 1. The van der Waals surface area contributed by atoms with Gasteiger partial charge in [0.1, 0.15) is 4.21 Å². The SMILES string of the molecule is CCOC(C)(C)CNS(=O)(=O)c1cc([N+](=O)[O-])c(Cl)s1. The predicted octanol–water partition coefficient (Wildman–Crippen LogP) is 2.40. The molecule has 114 valence electrons. The van der Waals surface area contributed by atoms with Crippen molar-refractivity contribution in [3.8, 4) is 0 Å². The molecule has 1 heterocycles. The first-order chi connectivity index (χ1) is 9.09. The van der Waals surface area contributed by atoms with Crippen molar-refractivity contribution < 1.29 is 18.1 Å². The summed E-state index contributed by atoms with van der Waals surface area (Å²) >= 11 is 6.29. The van der Waals surface area contributed by atoms with Crippen LogP contribution in [0.1, 0.15) is 20.8 Å². The smallest absolute Gasteiger partial charge is 0.300 e. The van der Waals surface area contributed by atoms with E-state index in [1.165, 1.54) is 0 Å². The van der Waals surface area contributed by atoms with E-state index < -0.39 is 26.2 Å². The Hall–Kier alpha value is -0.740. The number of halogens is 1. The summed E-state index contributed by atoms with van der Waals surface area (Å²) in [6.45, 7) is 5.78. The summed E-state index contributed by atoms with van der Waals surface area (Å²) in [6, 6.07) is 0.947. The molecule has 0 aliphatic heterocycles. The third-order valence-corrected chi connectivity index (χ3v) is 5.54. The van der Waals surface area contributed by atoms with E-state index in [1.807, 2.05) is 0 Å². The number of hydrogen-bond acceptors (Lipinski definition) is 6. The van der Waals surface area contributed by atoms with Gasteiger partial charge >= 0.3 is 0 Å². The molecular weight excluding hydrogens is 328 g/mol. The van der Waals surface area contributed by atoms with Crippen molar-refractivity contribution in [3.63, 3.8) is 0 Å². The Balaban J connectivity index is 2.90. The maximum Gasteiger partial charge on any atom is 0.300 e.